The third kappa shape index (κ3) is 2.38. The summed E-state index contributed by atoms with van der Waals surface area (Å²) >= 11 is 0. The third-order valence-corrected chi connectivity index (χ3v) is 4.07. The number of fused-ring (bicyclic) bond motifs is 2. The summed E-state index contributed by atoms with van der Waals surface area (Å²) in [6.07, 6.45) is 4.97. The Morgan fingerprint density at radius 1 is 1.19 bits per heavy atom. The van der Waals surface area contributed by atoms with Crippen LogP contribution in [0.2, 0.25) is 0 Å². The molecule has 1 unspecified atom stereocenters. The van der Waals surface area contributed by atoms with Crippen LogP contribution in [0.25, 0.3) is 11.3 Å². The second kappa shape index (κ2) is 5.07. The Bertz CT molecular complexity index is 666. The third-order valence-electron chi connectivity index (χ3n) is 4.07. The van der Waals surface area contributed by atoms with Gasteiger partial charge in [-0.25, -0.2) is 4.98 Å². The van der Waals surface area contributed by atoms with Crippen molar-refractivity contribution in [1.82, 2.24) is 9.55 Å². The Balaban J connectivity index is 1.69. The Labute approximate surface area is 123 Å². The summed E-state index contributed by atoms with van der Waals surface area (Å²) in [5.74, 6) is 2.76. The summed E-state index contributed by atoms with van der Waals surface area (Å²) in [6.45, 7) is 2.26. The van der Waals surface area contributed by atoms with Gasteiger partial charge >= 0.3 is 0 Å². The number of rotatable bonds is 1. The van der Waals surface area contributed by atoms with Crippen LogP contribution in [0.3, 0.4) is 0 Å². The van der Waals surface area contributed by atoms with Crippen LogP contribution in [0.1, 0.15) is 18.7 Å². The van der Waals surface area contributed by atoms with Gasteiger partial charge in [-0.05, 0) is 24.6 Å². The molecular weight excluding hydrogens is 266 g/mol. The Morgan fingerprint density at radius 3 is 2.95 bits per heavy atom. The van der Waals surface area contributed by atoms with Crippen LogP contribution >= 0.6 is 0 Å². The van der Waals surface area contributed by atoms with Crippen LogP contribution in [0, 0.1) is 0 Å². The Hall–Kier alpha value is -2.01. The first-order valence-corrected chi connectivity index (χ1v) is 7.51. The fourth-order valence-electron chi connectivity index (χ4n) is 2.93. The molecule has 21 heavy (non-hydrogen) atoms. The SMILES string of the molecule is NC1CCc2nc(-c3ccc4c(c3)OCCCO4)cn2C1. The first kappa shape index (κ1) is 12.7. The molecule has 0 radical (unpaired) electrons. The lowest BCUT2D eigenvalue weighted by Crippen LogP contribution is -2.31. The lowest BCUT2D eigenvalue weighted by atomic mass is 10.1. The highest BCUT2D eigenvalue weighted by atomic mass is 16.5. The van der Waals surface area contributed by atoms with E-state index in [0.29, 0.717) is 13.2 Å². The lowest BCUT2D eigenvalue weighted by Gasteiger charge is -2.19. The lowest BCUT2D eigenvalue weighted by molar-refractivity contribution is 0.297. The zero-order valence-electron chi connectivity index (χ0n) is 11.9. The minimum atomic E-state index is 0.239. The molecule has 0 saturated heterocycles. The van der Waals surface area contributed by atoms with E-state index in [-0.39, 0.29) is 6.04 Å². The molecule has 3 heterocycles. The molecule has 1 atom stereocenters. The minimum Gasteiger partial charge on any atom is -0.490 e. The van der Waals surface area contributed by atoms with E-state index in [4.69, 9.17) is 20.2 Å². The van der Waals surface area contributed by atoms with Gasteiger partial charge in [-0.2, -0.15) is 0 Å². The van der Waals surface area contributed by atoms with Crippen molar-refractivity contribution in [1.29, 1.82) is 0 Å². The zero-order chi connectivity index (χ0) is 14.2. The number of nitrogens with zero attached hydrogens (tertiary/aromatic N) is 2. The predicted molar refractivity (Wildman–Crippen MR) is 79.6 cm³/mol. The Kier molecular flexibility index (Phi) is 3.07. The molecule has 5 nitrogen and oxygen atoms in total. The molecule has 1 aromatic carbocycles. The van der Waals surface area contributed by atoms with E-state index in [1.807, 2.05) is 18.2 Å². The van der Waals surface area contributed by atoms with Gasteiger partial charge in [0.25, 0.3) is 0 Å². The standard InChI is InChI=1S/C16H19N3O2/c17-12-3-5-16-18-13(10-19(16)9-12)11-2-4-14-15(8-11)21-7-1-6-20-14/h2,4,8,10,12H,1,3,5-7,9,17H2. The van der Waals surface area contributed by atoms with Gasteiger partial charge in [-0.15, -0.1) is 0 Å². The number of aryl methyl sites for hydroxylation is 1. The fraction of sp³-hybridized carbons (Fsp3) is 0.438. The summed E-state index contributed by atoms with van der Waals surface area (Å²) < 4.78 is 13.6. The molecule has 0 aliphatic carbocycles. The highest BCUT2D eigenvalue weighted by Gasteiger charge is 2.19. The molecule has 5 heteroatoms. The molecule has 1 aromatic heterocycles. The molecule has 2 N–H and O–H groups in total. The topological polar surface area (TPSA) is 62.3 Å². The predicted octanol–water partition coefficient (Wildman–Crippen LogP) is 1.98. The maximum Gasteiger partial charge on any atom is 0.161 e. The van der Waals surface area contributed by atoms with Gasteiger partial charge < -0.3 is 19.8 Å². The van der Waals surface area contributed by atoms with Gasteiger partial charge in [0.05, 0.1) is 18.9 Å². The van der Waals surface area contributed by atoms with Crippen molar-refractivity contribution in [2.45, 2.75) is 31.8 Å². The van der Waals surface area contributed by atoms with E-state index in [1.165, 1.54) is 0 Å². The molecule has 110 valence electrons. The van der Waals surface area contributed by atoms with Crippen LogP contribution in [0.5, 0.6) is 11.5 Å². The number of imidazole rings is 1. The molecule has 0 bridgehead atoms. The quantitative estimate of drug-likeness (QED) is 0.870. The average molecular weight is 285 g/mol. The van der Waals surface area contributed by atoms with Crippen molar-refractivity contribution in [3.8, 4) is 22.8 Å². The highest BCUT2D eigenvalue weighted by molar-refractivity contribution is 5.64. The number of hydrogen-bond acceptors (Lipinski definition) is 4. The monoisotopic (exact) mass is 285 g/mol. The van der Waals surface area contributed by atoms with Gasteiger partial charge in [-0.3, -0.25) is 0 Å². The maximum atomic E-state index is 6.02. The normalized spacial score (nSPS) is 20.7. The van der Waals surface area contributed by atoms with E-state index in [0.717, 1.165) is 54.4 Å². The van der Waals surface area contributed by atoms with E-state index in [2.05, 4.69) is 10.8 Å². The largest absolute Gasteiger partial charge is 0.490 e. The summed E-state index contributed by atoms with van der Waals surface area (Å²) in [7, 11) is 0. The summed E-state index contributed by atoms with van der Waals surface area (Å²) in [4.78, 5) is 4.74. The van der Waals surface area contributed by atoms with Crippen molar-refractivity contribution in [2.75, 3.05) is 13.2 Å². The molecule has 0 amide bonds. The van der Waals surface area contributed by atoms with E-state index in [9.17, 15) is 0 Å². The number of benzene rings is 1. The molecular formula is C16H19N3O2. The van der Waals surface area contributed by atoms with Gasteiger partial charge in [0.15, 0.2) is 11.5 Å². The molecule has 0 fully saturated rings. The number of aromatic nitrogens is 2. The summed E-state index contributed by atoms with van der Waals surface area (Å²) in [6, 6.07) is 6.28. The van der Waals surface area contributed by atoms with Crippen LogP contribution < -0.4 is 15.2 Å². The van der Waals surface area contributed by atoms with Crippen LogP contribution in [-0.2, 0) is 13.0 Å². The average Bonchev–Trinajstić information content (AvgIpc) is 2.76. The van der Waals surface area contributed by atoms with E-state index < -0.39 is 0 Å². The van der Waals surface area contributed by atoms with Crippen LogP contribution in [-0.4, -0.2) is 28.8 Å². The van der Waals surface area contributed by atoms with E-state index in [1.54, 1.807) is 0 Å². The van der Waals surface area contributed by atoms with Crippen molar-refractivity contribution in [3.63, 3.8) is 0 Å². The van der Waals surface area contributed by atoms with Crippen molar-refractivity contribution in [3.05, 3.63) is 30.2 Å². The Morgan fingerprint density at radius 2 is 2.05 bits per heavy atom. The zero-order valence-corrected chi connectivity index (χ0v) is 11.9. The number of nitrogens with two attached hydrogens (primary N) is 1. The molecule has 2 aliphatic rings. The van der Waals surface area contributed by atoms with Crippen LogP contribution in [0.4, 0.5) is 0 Å². The number of hydrogen-bond donors (Lipinski definition) is 1. The summed E-state index contributed by atoms with van der Waals surface area (Å²) in [5.41, 5.74) is 8.07. The van der Waals surface area contributed by atoms with Gasteiger partial charge in [-0.1, -0.05) is 0 Å². The second-order valence-electron chi connectivity index (χ2n) is 5.71. The maximum absolute atomic E-state index is 6.02. The van der Waals surface area contributed by atoms with Gasteiger partial charge in [0, 0.05) is 37.2 Å². The molecule has 2 aromatic rings. The first-order valence-electron chi connectivity index (χ1n) is 7.51. The molecule has 0 spiro atoms. The fourth-order valence-corrected chi connectivity index (χ4v) is 2.93. The van der Waals surface area contributed by atoms with Crippen molar-refractivity contribution >= 4 is 0 Å². The molecule has 0 saturated carbocycles. The highest BCUT2D eigenvalue weighted by Crippen LogP contribution is 2.34. The van der Waals surface area contributed by atoms with Gasteiger partial charge in [0.1, 0.15) is 5.82 Å². The van der Waals surface area contributed by atoms with Crippen molar-refractivity contribution < 1.29 is 9.47 Å². The smallest absolute Gasteiger partial charge is 0.161 e. The van der Waals surface area contributed by atoms with Gasteiger partial charge in [0.2, 0.25) is 0 Å². The first-order chi connectivity index (χ1) is 10.3. The summed E-state index contributed by atoms with van der Waals surface area (Å²) in [5, 5.41) is 0. The van der Waals surface area contributed by atoms with E-state index >= 15 is 0 Å². The molecule has 4 rings (SSSR count). The second-order valence-corrected chi connectivity index (χ2v) is 5.71. The van der Waals surface area contributed by atoms with Crippen molar-refractivity contribution in [2.24, 2.45) is 5.73 Å². The van der Waals surface area contributed by atoms with Crippen LogP contribution in [0.15, 0.2) is 24.4 Å². The number of ether oxygens (including phenoxy) is 2. The minimum absolute atomic E-state index is 0.239. The molecule has 2 aliphatic heterocycles.